The third kappa shape index (κ3) is 7.85. The zero-order valence-corrected chi connectivity index (χ0v) is 22.8. The van der Waals surface area contributed by atoms with Crippen molar-refractivity contribution in [1.82, 2.24) is 20.7 Å². The molecule has 11 nitrogen and oxygen atoms in total. The predicted molar refractivity (Wildman–Crippen MR) is 152 cm³/mol. The van der Waals surface area contributed by atoms with Crippen molar-refractivity contribution in [1.29, 1.82) is 5.26 Å². The summed E-state index contributed by atoms with van der Waals surface area (Å²) in [4.78, 5) is 50.9. The minimum Gasteiger partial charge on any atom is -0.464 e. The molecule has 1 aliphatic heterocycles. The van der Waals surface area contributed by atoms with E-state index in [1.165, 1.54) is 0 Å². The van der Waals surface area contributed by atoms with Gasteiger partial charge in [-0.2, -0.15) is 5.26 Å². The molecule has 1 heterocycles. The van der Waals surface area contributed by atoms with Crippen molar-refractivity contribution in [3.8, 4) is 17.6 Å². The smallest absolute Gasteiger partial charge is 0.426 e. The number of ether oxygens (including phenoxy) is 1. The second-order valence-corrected chi connectivity index (χ2v) is 9.62. The minimum absolute atomic E-state index is 0.0299. The van der Waals surface area contributed by atoms with Gasteiger partial charge < -0.3 is 20.5 Å². The number of nitrogens with zero attached hydrogens (tertiary/aromatic N) is 3. The van der Waals surface area contributed by atoms with Crippen molar-refractivity contribution in [3.63, 3.8) is 0 Å². The number of amides is 4. The first-order valence-corrected chi connectivity index (χ1v) is 13.5. The van der Waals surface area contributed by atoms with E-state index in [2.05, 4.69) is 16.7 Å². The molecule has 4 rings (SSSR count). The number of carboxylic acid groups (broad SMARTS) is 1. The van der Waals surface area contributed by atoms with Crippen LogP contribution in [0, 0.1) is 11.3 Å². The number of nitriles is 1. The topological polar surface area (TPSA) is 152 Å². The van der Waals surface area contributed by atoms with Crippen LogP contribution in [-0.2, 0) is 20.8 Å². The lowest BCUT2D eigenvalue weighted by Crippen LogP contribution is -2.62. The van der Waals surface area contributed by atoms with E-state index in [9.17, 15) is 29.5 Å². The summed E-state index contributed by atoms with van der Waals surface area (Å²) in [5.74, 6) is -0.512. The van der Waals surface area contributed by atoms with Crippen molar-refractivity contribution in [3.05, 3.63) is 96.1 Å². The molecule has 1 aliphatic rings. The molecule has 216 valence electrons. The Bertz CT molecular complexity index is 1440. The lowest BCUT2D eigenvalue weighted by molar-refractivity contribution is -0.162. The molecule has 3 aromatic carbocycles. The summed E-state index contributed by atoms with van der Waals surface area (Å²) in [7, 11) is 0. The highest BCUT2D eigenvalue weighted by Crippen LogP contribution is 2.26. The fraction of sp³-hybridized carbons (Fsp3) is 0.258. The van der Waals surface area contributed by atoms with Crippen molar-refractivity contribution in [2.24, 2.45) is 0 Å². The van der Waals surface area contributed by atoms with E-state index in [0.29, 0.717) is 23.5 Å². The molecule has 3 aromatic rings. The molecule has 1 saturated heterocycles. The monoisotopic (exact) mass is 569 g/mol. The number of hydrazine groups is 1. The lowest BCUT2D eigenvalue weighted by atomic mass is 10.0. The van der Waals surface area contributed by atoms with E-state index < -0.39 is 30.0 Å². The average Bonchev–Trinajstić information content (AvgIpc) is 3.00. The highest BCUT2D eigenvalue weighted by atomic mass is 16.5. The van der Waals surface area contributed by atoms with E-state index in [0.717, 1.165) is 15.6 Å². The minimum atomic E-state index is -1.38. The fourth-order valence-electron chi connectivity index (χ4n) is 4.65. The molecule has 0 spiro atoms. The van der Waals surface area contributed by atoms with Crippen LogP contribution >= 0.6 is 0 Å². The molecule has 42 heavy (non-hydrogen) atoms. The average molecular weight is 570 g/mol. The molecular weight excluding hydrogens is 538 g/mol. The van der Waals surface area contributed by atoms with E-state index in [1.807, 2.05) is 48.5 Å². The van der Waals surface area contributed by atoms with Gasteiger partial charge in [0.05, 0.1) is 12.5 Å². The van der Waals surface area contributed by atoms with Gasteiger partial charge in [0, 0.05) is 19.5 Å². The molecule has 0 bridgehead atoms. The SMILES string of the molecule is N#CC(NC(=O)[C@@H]1CCCN(C(=O)O)N1C(=O)CCNC(=O)Cc1ccccc1)c1cccc(Oc2ccccc2)c1. The van der Waals surface area contributed by atoms with Gasteiger partial charge in [-0.05, 0) is 48.2 Å². The summed E-state index contributed by atoms with van der Waals surface area (Å²) in [5, 5.41) is 26.7. The van der Waals surface area contributed by atoms with Crippen LogP contribution in [0.25, 0.3) is 0 Å². The zero-order chi connectivity index (χ0) is 29.9. The summed E-state index contributed by atoms with van der Waals surface area (Å²) < 4.78 is 5.83. The number of carbonyl (C=O) groups excluding carboxylic acids is 3. The second kappa shape index (κ2) is 14.3. The quantitative estimate of drug-likeness (QED) is 0.336. The molecule has 0 aliphatic carbocycles. The van der Waals surface area contributed by atoms with E-state index in [4.69, 9.17) is 4.74 Å². The first-order valence-electron chi connectivity index (χ1n) is 13.5. The van der Waals surface area contributed by atoms with E-state index >= 15 is 0 Å². The van der Waals surface area contributed by atoms with Crippen LogP contribution in [0.4, 0.5) is 4.79 Å². The van der Waals surface area contributed by atoms with Crippen LogP contribution in [0.1, 0.15) is 36.4 Å². The Morgan fingerprint density at radius 2 is 1.67 bits per heavy atom. The number of rotatable bonds is 10. The third-order valence-corrected chi connectivity index (χ3v) is 6.64. The summed E-state index contributed by atoms with van der Waals surface area (Å²) in [6, 6.07) is 24.7. The first kappa shape index (κ1) is 29.6. The Morgan fingerprint density at radius 1 is 0.976 bits per heavy atom. The summed E-state index contributed by atoms with van der Waals surface area (Å²) in [5.41, 5.74) is 1.28. The number of nitrogens with one attached hydrogen (secondary N) is 2. The highest BCUT2D eigenvalue weighted by molar-refractivity contribution is 5.89. The standard InChI is InChI=1S/C31H31N5O6/c32-21-26(23-11-7-14-25(20-23)42-24-12-5-2-6-13-24)34-30(39)27-15-8-18-35(31(40)41)36(27)29(38)16-17-33-28(37)19-22-9-3-1-4-10-22/h1-7,9-14,20,26-27H,8,15-19H2,(H,33,37)(H,34,39)(H,40,41)/t26?,27-/m0/s1. The zero-order valence-electron chi connectivity index (χ0n) is 22.8. The van der Waals surface area contributed by atoms with Crippen LogP contribution in [0.3, 0.4) is 0 Å². The number of hydrogen-bond donors (Lipinski definition) is 3. The molecule has 0 aromatic heterocycles. The molecule has 3 N–H and O–H groups in total. The van der Waals surface area contributed by atoms with Gasteiger partial charge >= 0.3 is 6.09 Å². The van der Waals surface area contributed by atoms with Crippen LogP contribution in [0.2, 0.25) is 0 Å². The van der Waals surface area contributed by atoms with Gasteiger partial charge in [-0.25, -0.2) is 14.8 Å². The van der Waals surface area contributed by atoms with E-state index in [-0.39, 0.29) is 38.3 Å². The first-order chi connectivity index (χ1) is 20.4. The molecule has 1 unspecified atom stereocenters. The van der Waals surface area contributed by atoms with Gasteiger partial charge in [-0.1, -0.05) is 60.7 Å². The number of hydrogen-bond acceptors (Lipinski definition) is 6. The van der Waals surface area contributed by atoms with E-state index in [1.54, 1.807) is 36.4 Å². The van der Waals surface area contributed by atoms with Crippen molar-refractivity contribution >= 4 is 23.8 Å². The van der Waals surface area contributed by atoms with Crippen LogP contribution in [0.15, 0.2) is 84.9 Å². The normalized spacial score (nSPS) is 15.2. The molecule has 11 heteroatoms. The number of carbonyl (C=O) groups is 4. The number of benzene rings is 3. The second-order valence-electron chi connectivity index (χ2n) is 9.62. The number of para-hydroxylation sites is 1. The third-order valence-electron chi connectivity index (χ3n) is 6.64. The molecule has 0 radical (unpaired) electrons. The molecular formula is C31H31N5O6. The Hall–Kier alpha value is -5.37. The largest absolute Gasteiger partial charge is 0.464 e. The van der Waals surface area contributed by atoms with Gasteiger partial charge in [-0.3, -0.25) is 14.4 Å². The maximum atomic E-state index is 13.4. The Morgan fingerprint density at radius 3 is 2.36 bits per heavy atom. The summed E-state index contributed by atoms with van der Waals surface area (Å²) >= 11 is 0. The van der Waals surface area contributed by atoms with Gasteiger partial charge in [0.15, 0.2) is 0 Å². The molecule has 2 atom stereocenters. The van der Waals surface area contributed by atoms with Gasteiger partial charge in [-0.15, -0.1) is 0 Å². The molecule has 1 fully saturated rings. The maximum absolute atomic E-state index is 13.4. The Balaban J connectivity index is 1.41. The predicted octanol–water partition coefficient (Wildman–Crippen LogP) is 3.79. The summed E-state index contributed by atoms with van der Waals surface area (Å²) in [6.45, 7) is 0.00357. The van der Waals surface area contributed by atoms with Crippen molar-refractivity contribution in [2.75, 3.05) is 13.1 Å². The van der Waals surface area contributed by atoms with Gasteiger partial charge in [0.2, 0.25) is 17.7 Å². The van der Waals surface area contributed by atoms with Crippen molar-refractivity contribution in [2.45, 2.75) is 37.8 Å². The highest BCUT2D eigenvalue weighted by Gasteiger charge is 2.40. The maximum Gasteiger partial charge on any atom is 0.426 e. The van der Waals surface area contributed by atoms with Crippen molar-refractivity contribution < 1.29 is 29.0 Å². The molecule has 0 saturated carbocycles. The Kier molecular flexibility index (Phi) is 10.1. The fourth-order valence-corrected chi connectivity index (χ4v) is 4.65. The molecule has 4 amide bonds. The lowest BCUT2D eigenvalue weighted by Gasteiger charge is -2.41. The van der Waals surface area contributed by atoms with Crippen LogP contribution in [-0.4, -0.2) is 58.1 Å². The van der Waals surface area contributed by atoms with Crippen LogP contribution in [0.5, 0.6) is 11.5 Å². The van der Waals surface area contributed by atoms with Gasteiger partial charge in [0.25, 0.3) is 0 Å². The van der Waals surface area contributed by atoms with Gasteiger partial charge in [0.1, 0.15) is 23.6 Å². The summed E-state index contributed by atoms with van der Waals surface area (Å²) in [6.07, 6.45) is -0.903. The Labute approximate surface area is 243 Å². The van der Waals surface area contributed by atoms with Crippen LogP contribution < -0.4 is 15.4 Å².